The van der Waals surface area contributed by atoms with Gasteiger partial charge in [-0.25, -0.2) is 9.89 Å². The summed E-state index contributed by atoms with van der Waals surface area (Å²) in [5.41, 5.74) is 8.75. The molecule has 0 fully saturated rings. The van der Waals surface area contributed by atoms with Crippen LogP contribution in [0.2, 0.25) is 0 Å². The number of benzene rings is 1. The number of nitrogens with one attached hydrogen (secondary N) is 1. The lowest BCUT2D eigenvalue weighted by Crippen LogP contribution is -2.12. The highest BCUT2D eigenvalue weighted by Crippen LogP contribution is 2.31. The second kappa shape index (κ2) is 4.29. The predicted octanol–water partition coefficient (Wildman–Crippen LogP) is 1.46. The van der Waals surface area contributed by atoms with E-state index < -0.39 is 0 Å². The molecule has 0 aliphatic heterocycles. The predicted molar refractivity (Wildman–Crippen MR) is 68.3 cm³/mol. The third-order valence-corrected chi connectivity index (χ3v) is 3.79. The molecule has 6 heteroatoms. The summed E-state index contributed by atoms with van der Waals surface area (Å²) < 4.78 is 1.46. The van der Waals surface area contributed by atoms with E-state index in [1.807, 2.05) is 26.0 Å². The van der Waals surface area contributed by atoms with Gasteiger partial charge in [-0.1, -0.05) is 0 Å². The SMILES string of the molecule is Cc1cc(N)c(Sc2n[nH]c(=O)n2C)cc1C. The molecule has 0 saturated carbocycles. The smallest absolute Gasteiger partial charge is 0.343 e. The molecule has 2 rings (SSSR count). The Kier molecular flexibility index (Phi) is 2.97. The van der Waals surface area contributed by atoms with Crippen molar-refractivity contribution < 1.29 is 0 Å². The van der Waals surface area contributed by atoms with Crippen LogP contribution in [0.15, 0.2) is 27.0 Å². The molecule has 1 heterocycles. The van der Waals surface area contributed by atoms with E-state index in [1.54, 1.807) is 7.05 Å². The first-order chi connectivity index (χ1) is 7.99. The van der Waals surface area contributed by atoms with Crippen molar-refractivity contribution in [1.29, 1.82) is 0 Å². The summed E-state index contributed by atoms with van der Waals surface area (Å²) in [6.45, 7) is 4.05. The van der Waals surface area contributed by atoms with Crippen LogP contribution in [0.5, 0.6) is 0 Å². The number of H-pyrrole nitrogens is 1. The Balaban J connectivity index is 2.40. The Morgan fingerprint density at radius 1 is 1.35 bits per heavy atom. The maximum Gasteiger partial charge on any atom is 0.343 e. The quantitative estimate of drug-likeness (QED) is 0.791. The minimum absolute atomic E-state index is 0.227. The van der Waals surface area contributed by atoms with Gasteiger partial charge in [-0.15, -0.1) is 5.10 Å². The number of aromatic amines is 1. The lowest BCUT2D eigenvalue weighted by Gasteiger charge is -2.08. The molecule has 3 N–H and O–H groups in total. The molecule has 0 radical (unpaired) electrons. The standard InChI is InChI=1S/C11H14N4OS/c1-6-4-8(12)9(5-7(6)2)17-11-14-13-10(16)15(11)3/h4-5H,12H2,1-3H3,(H,13,16). The number of nitrogen functional groups attached to an aromatic ring is 1. The van der Waals surface area contributed by atoms with Crippen LogP contribution in [-0.2, 0) is 7.05 Å². The highest BCUT2D eigenvalue weighted by atomic mass is 32.2. The van der Waals surface area contributed by atoms with Crippen molar-refractivity contribution in [2.45, 2.75) is 23.9 Å². The largest absolute Gasteiger partial charge is 0.398 e. The Hall–Kier alpha value is -1.69. The van der Waals surface area contributed by atoms with E-state index in [-0.39, 0.29) is 5.69 Å². The fourth-order valence-corrected chi connectivity index (χ4v) is 2.34. The summed E-state index contributed by atoms with van der Waals surface area (Å²) >= 11 is 1.38. The summed E-state index contributed by atoms with van der Waals surface area (Å²) in [4.78, 5) is 12.1. The van der Waals surface area contributed by atoms with Gasteiger partial charge in [0.1, 0.15) is 0 Å². The second-order valence-electron chi connectivity index (χ2n) is 3.95. The fraction of sp³-hybridized carbons (Fsp3) is 0.273. The summed E-state index contributed by atoms with van der Waals surface area (Å²) in [5.74, 6) is 0. The van der Waals surface area contributed by atoms with E-state index in [2.05, 4.69) is 10.2 Å². The first-order valence-electron chi connectivity index (χ1n) is 5.15. The normalized spacial score (nSPS) is 10.8. The Labute approximate surface area is 103 Å². The fourth-order valence-electron chi connectivity index (χ4n) is 1.42. The molecule has 0 aliphatic rings. The molecule has 0 spiro atoms. The molecule has 0 atom stereocenters. The van der Waals surface area contributed by atoms with Gasteiger partial charge in [0, 0.05) is 17.6 Å². The van der Waals surface area contributed by atoms with Gasteiger partial charge in [0.05, 0.1) is 0 Å². The van der Waals surface area contributed by atoms with Crippen LogP contribution in [0, 0.1) is 13.8 Å². The van der Waals surface area contributed by atoms with Crippen molar-refractivity contribution in [1.82, 2.24) is 14.8 Å². The molecule has 2 aromatic rings. The highest BCUT2D eigenvalue weighted by molar-refractivity contribution is 7.99. The van der Waals surface area contributed by atoms with E-state index in [0.717, 1.165) is 10.5 Å². The van der Waals surface area contributed by atoms with Crippen molar-refractivity contribution in [3.05, 3.63) is 33.7 Å². The highest BCUT2D eigenvalue weighted by Gasteiger charge is 2.09. The zero-order valence-corrected chi connectivity index (χ0v) is 10.8. The minimum atomic E-state index is -0.227. The maximum absolute atomic E-state index is 11.2. The van der Waals surface area contributed by atoms with Gasteiger partial charge in [-0.3, -0.25) is 4.57 Å². The van der Waals surface area contributed by atoms with Crippen molar-refractivity contribution in [3.8, 4) is 0 Å². The molecule has 0 aliphatic carbocycles. The Morgan fingerprint density at radius 2 is 2.00 bits per heavy atom. The first-order valence-corrected chi connectivity index (χ1v) is 5.96. The van der Waals surface area contributed by atoms with Crippen LogP contribution >= 0.6 is 11.8 Å². The summed E-state index contributed by atoms with van der Waals surface area (Å²) in [6, 6.07) is 3.94. The third kappa shape index (κ3) is 2.21. The number of hydrogen-bond donors (Lipinski definition) is 2. The molecular formula is C11H14N4OS. The zero-order valence-electron chi connectivity index (χ0n) is 9.94. The molecule has 90 valence electrons. The summed E-state index contributed by atoms with van der Waals surface area (Å²) in [5, 5.41) is 6.94. The lowest BCUT2D eigenvalue weighted by molar-refractivity contribution is 0.766. The summed E-state index contributed by atoms with van der Waals surface area (Å²) in [7, 11) is 1.67. The number of hydrogen-bond acceptors (Lipinski definition) is 4. The monoisotopic (exact) mass is 250 g/mol. The van der Waals surface area contributed by atoms with Crippen LogP contribution in [0.25, 0.3) is 0 Å². The van der Waals surface area contributed by atoms with Gasteiger partial charge < -0.3 is 5.73 Å². The van der Waals surface area contributed by atoms with Crippen LogP contribution in [-0.4, -0.2) is 14.8 Å². The summed E-state index contributed by atoms with van der Waals surface area (Å²) in [6.07, 6.45) is 0. The average molecular weight is 250 g/mol. The number of nitrogens with zero attached hydrogens (tertiary/aromatic N) is 2. The first kappa shape index (κ1) is 11.8. The number of aryl methyl sites for hydroxylation is 2. The number of anilines is 1. The Morgan fingerprint density at radius 3 is 2.59 bits per heavy atom. The molecule has 0 bridgehead atoms. The maximum atomic E-state index is 11.2. The molecule has 17 heavy (non-hydrogen) atoms. The number of aromatic nitrogens is 3. The van der Waals surface area contributed by atoms with Crippen LogP contribution in [0.1, 0.15) is 11.1 Å². The third-order valence-electron chi connectivity index (χ3n) is 2.67. The van der Waals surface area contributed by atoms with E-state index in [0.29, 0.717) is 10.8 Å². The van der Waals surface area contributed by atoms with Crippen LogP contribution < -0.4 is 11.4 Å². The zero-order chi connectivity index (χ0) is 12.6. The van der Waals surface area contributed by atoms with Gasteiger partial charge in [0.25, 0.3) is 0 Å². The van der Waals surface area contributed by atoms with Crippen LogP contribution in [0.4, 0.5) is 5.69 Å². The molecule has 0 saturated heterocycles. The molecule has 1 aromatic carbocycles. The van der Waals surface area contributed by atoms with E-state index in [9.17, 15) is 4.79 Å². The minimum Gasteiger partial charge on any atom is -0.398 e. The topological polar surface area (TPSA) is 76.7 Å². The second-order valence-corrected chi connectivity index (χ2v) is 4.96. The average Bonchev–Trinajstić information content (AvgIpc) is 2.58. The molecule has 0 amide bonds. The van der Waals surface area contributed by atoms with E-state index in [1.165, 1.54) is 21.9 Å². The number of nitrogens with two attached hydrogens (primary N) is 1. The van der Waals surface area contributed by atoms with Crippen molar-refractivity contribution in [3.63, 3.8) is 0 Å². The van der Waals surface area contributed by atoms with E-state index in [4.69, 9.17) is 5.73 Å². The van der Waals surface area contributed by atoms with Gasteiger partial charge in [-0.05, 0) is 48.9 Å². The Bertz CT molecular complexity index is 614. The van der Waals surface area contributed by atoms with Crippen molar-refractivity contribution >= 4 is 17.4 Å². The van der Waals surface area contributed by atoms with Crippen molar-refractivity contribution in [2.24, 2.45) is 7.05 Å². The molecule has 5 nitrogen and oxygen atoms in total. The molecular weight excluding hydrogens is 236 g/mol. The number of rotatable bonds is 2. The molecule has 0 unspecified atom stereocenters. The lowest BCUT2D eigenvalue weighted by atomic mass is 10.1. The van der Waals surface area contributed by atoms with Gasteiger partial charge >= 0.3 is 5.69 Å². The van der Waals surface area contributed by atoms with Crippen LogP contribution in [0.3, 0.4) is 0 Å². The molecule has 1 aromatic heterocycles. The van der Waals surface area contributed by atoms with Gasteiger partial charge in [0.15, 0.2) is 5.16 Å². The van der Waals surface area contributed by atoms with E-state index >= 15 is 0 Å². The van der Waals surface area contributed by atoms with Crippen molar-refractivity contribution in [2.75, 3.05) is 5.73 Å². The van der Waals surface area contributed by atoms with Gasteiger partial charge in [-0.2, -0.15) is 0 Å². The van der Waals surface area contributed by atoms with Gasteiger partial charge in [0.2, 0.25) is 0 Å².